The van der Waals surface area contributed by atoms with Gasteiger partial charge in [-0.15, -0.1) is 0 Å². The Labute approximate surface area is 90.3 Å². The largest absolute Gasteiger partial charge is 0.481 e. The molecule has 0 aliphatic heterocycles. The zero-order chi connectivity index (χ0) is 11.1. The third-order valence-corrected chi connectivity index (χ3v) is 2.34. The predicted octanol–water partition coefficient (Wildman–Crippen LogP) is 2.10. The van der Waals surface area contributed by atoms with Crippen molar-refractivity contribution < 1.29 is 9.84 Å². The van der Waals surface area contributed by atoms with Crippen LogP contribution in [-0.2, 0) is 0 Å². The number of hydrogen-bond donors (Lipinski definition) is 1. The van der Waals surface area contributed by atoms with E-state index < -0.39 is 6.10 Å². The fraction of sp³-hybridized carbons (Fsp3) is 0.636. The Morgan fingerprint density at radius 2 is 2.27 bits per heavy atom. The predicted molar refractivity (Wildman–Crippen MR) is 57.7 cm³/mol. The van der Waals surface area contributed by atoms with Gasteiger partial charge in [0.15, 0.2) is 0 Å². The average Bonchev–Trinajstić information content (AvgIpc) is 2.29. The van der Waals surface area contributed by atoms with Gasteiger partial charge in [-0.05, 0) is 6.42 Å². The molecule has 0 aliphatic carbocycles. The summed E-state index contributed by atoms with van der Waals surface area (Å²) in [6, 6.07) is 0. The van der Waals surface area contributed by atoms with Gasteiger partial charge < -0.3 is 9.84 Å². The number of unbranched alkanes of at least 4 members (excludes halogenated alkanes) is 2. The molecular formula is C11H18N2O2. The van der Waals surface area contributed by atoms with E-state index in [0.29, 0.717) is 11.4 Å². The molecule has 0 aromatic carbocycles. The minimum Gasteiger partial charge on any atom is -0.481 e. The summed E-state index contributed by atoms with van der Waals surface area (Å²) >= 11 is 0. The van der Waals surface area contributed by atoms with E-state index >= 15 is 0 Å². The molecule has 1 unspecified atom stereocenters. The molecule has 4 nitrogen and oxygen atoms in total. The molecule has 1 rings (SSSR count). The van der Waals surface area contributed by atoms with Crippen molar-refractivity contribution in [2.24, 2.45) is 0 Å². The van der Waals surface area contributed by atoms with E-state index in [-0.39, 0.29) is 0 Å². The van der Waals surface area contributed by atoms with Crippen molar-refractivity contribution in [2.45, 2.75) is 38.7 Å². The first-order valence-corrected chi connectivity index (χ1v) is 5.31. The smallest absolute Gasteiger partial charge is 0.221 e. The van der Waals surface area contributed by atoms with Gasteiger partial charge in [0.25, 0.3) is 0 Å². The summed E-state index contributed by atoms with van der Waals surface area (Å²) in [6.07, 6.45) is 6.53. The number of rotatable bonds is 6. The highest BCUT2D eigenvalue weighted by Gasteiger charge is 2.13. The van der Waals surface area contributed by atoms with Crippen molar-refractivity contribution in [1.29, 1.82) is 0 Å². The number of nitrogens with zero attached hydrogens (tertiary/aromatic N) is 2. The lowest BCUT2D eigenvalue weighted by Gasteiger charge is -2.12. The lowest BCUT2D eigenvalue weighted by Crippen LogP contribution is -2.03. The molecule has 0 bridgehead atoms. The minimum atomic E-state index is -0.521. The van der Waals surface area contributed by atoms with Crippen molar-refractivity contribution in [3.05, 3.63) is 18.1 Å². The molecule has 1 N–H and O–H groups in total. The first kappa shape index (κ1) is 11.9. The third-order valence-electron chi connectivity index (χ3n) is 2.34. The summed E-state index contributed by atoms with van der Waals surface area (Å²) in [4.78, 5) is 7.84. The highest BCUT2D eigenvalue weighted by Crippen LogP contribution is 2.25. The molecule has 0 radical (unpaired) electrons. The van der Waals surface area contributed by atoms with Gasteiger partial charge in [0.1, 0.15) is 6.33 Å². The summed E-state index contributed by atoms with van der Waals surface area (Å²) in [7, 11) is 1.55. The molecule has 1 aromatic rings. The maximum Gasteiger partial charge on any atom is 0.221 e. The van der Waals surface area contributed by atoms with Crippen LogP contribution < -0.4 is 4.74 Å². The maximum atomic E-state index is 9.90. The Morgan fingerprint density at radius 3 is 2.93 bits per heavy atom. The molecular weight excluding hydrogens is 192 g/mol. The molecule has 4 heteroatoms. The van der Waals surface area contributed by atoms with E-state index in [1.807, 2.05) is 0 Å². The number of hydrogen-bond acceptors (Lipinski definition) is 4. The second-order valence-corrected chi connectivity index (χ2v) is 3.50. The van der Waals surface area contributed by atoms with Crippen LogP contribution in [0.1, 0.15) is 44.3 Å². The van der Waals surface area contributed by atoms with Crippen molar-refractivity contribution in [1.82, 2.24) is 9.97 Å². The number of aromatic nitrogens is 2. The second kappa shape index (κ2) is 6.35. The van der Waals surface area contributed by atoms with E-state index in [1.165, 1.54) is 6.33 Å². The van der Waals surface area contributed by atoms with Gasteiger partial charge in [-0.2, -0.15) is 0 Å². The highest BCUT2D eigenvalue weighted by atomic mass is 16.5. The first-order chi connectivity index (χ1) is 7.29. The van der Waals surface area contributed by atoms with E-state index in [2.05, 4.69) is 16.9 Å². The topological polar surface area (TPSA) is 55.2 Å². The Balaban J connectivity index is 2.59. The maximum absolute atomic E-state index is 9.90. The lowest BCUT2D eigenvalue weighted by atomic mass is 10.1. The van der Waals surface area contributed by atoms with Crippen molar-refractivity contribution in [3.63, 3.8) is 0 Å². The summed E-state index contributed by atoms with van der Waals surface area (Å²) in [6.45, 7) is 2.14. The lowest BCUT2D eigenvalue weighted by molar-refractivity contribution is 0.158. The quantitative estimate of drug-likeness (QED) is 0.730. The Morgan fingerprint density at radius 1 is 1.47 bits per heavy atom. The highest BCUT2D eigenvalue weighted by molar-refractivity contribution is 5.24. The Kier molecular flexibility index (Phi) is 5.04. The molecule has 1 aromatic heterocycles. The Bertz CT molecular complexity index is 292. The zero-order valence-electron chi connectivity index (χ0n) is 9.31. The van der Waals surface area contributed by atoms with E-state index in [9.17, 15) is 5.11 Å². The first-order valence-electron chi connectivity index (χ1n) is 5.31. The van der Waals surface area contributed by atoms with Gasteiger partial charge >= 0.3 is 0 Å². The molecule has 1 atom stereocenters. The van der Waals surface area contributed by atoms with Crippen molar-refractivity contribution in [2.75, 3.05) is 7.11 Å². The van der Waals surface area contributed by atoms with E-state index in [1.54, 1.807) is 13.3 Å². The summed E-state index contributed by atoms with van der Waals surface area (Å²) in [5.74, 6) is 0.467. The van der Waals surface area contributed by atoms with Crippen LogP contribution in [0.4, 0.5) is 0 Å². The minimum absolute atomic E-state index is 0.467. The molecule has 0 amide bonds. The van der Waals surface area contributed by atoms with Crippen LogP contribution in [-0.4, -0.2) is 22.2 Å². The summed E-state index contributed by atoms with van der Waals surface area (Å²) in [5, 5.41) is 9.90. The fourth-order valence-electron chi connectivity index (χ4n) is 1.47. The number of ether oxygens (including phenoxy) is 1. The van der Waals surface area contributed by atoms with Gasteiger partial charge in [-0.3, -0.25) is 0 Å². The van der Waals surface area contributed by atoms with Gasteiger partial charge in [-0.1, -0.05) is 26.2 Å². The molecule has 15 heavy (non-hydrogen) atoms. The number of methoxy groups -OCH3 is 1. The zero-order valence-corrected chi connectivity index (χ0v) is 9.31. The Hall–Kier alpha value is -1.16. The molecule has 0 spiro atoms. The number of aliphatic hydroxyl groups is 1. The van der Waals surface area contributed by atoms with Gasteiger partial charge in [-0.25, -0.2) is 9.97 Å². The van der Waals surface area contributed by atoms with Crippen LogP contribution in [0.25, 0.3) is 0 Å². The van der Waals surface area contributed by atoms with Gasteiger partial charge in [0, 0.05) is 6.20 Å². The van der Waals surface area contributed by atoms with Gasteiger partial charge in [0.2, 0.25) is 5.88 Å². The average molecular weight is 210 g/mol. The molecule has 0 saturated heterocycles. The van der Waals surface area contributed by atoms with Crippen molar-refractivity contribution in [3.8, 4) is 5.88 Å². The molecule has 0 aliphatic rings. The normalized spacial score (nSPS) is 12.5. The van der Waals surface area contributed by atoms with Crippen LogP contribution in [0.15, 0.2) is 12.5 Å². The summed E-state index contributed by atoms with van der Waals surface area (Å²) < 4.78 is 5.06. The monoisotopic (exact) mass is 210 g/mol. The molecule has 84 valence electrons. The van der Waals surface area contributed by atoms with Gasteiger partial charge in [0.05, 0.1) is 18.8 Å². The molecule has 0 saturated carbocycles. The van der Waals surface area contributed by atoms with E-state index in [4.69, 9.17) is 4.74 Å². The van der Waals surface area contributed by atoms with Crippen molar-refractivity contribution >= 4 is 0 Å². The molecule has 1 heterocycles. The standard InChI is InChI=1S/C11H18N2O2/c1-3-4-5-6-10(14)9-7-12-8-13-11(9)15-2/h7-8,10,14H,3-6H2,1-2H3. The van der Waals surface area contributed by atoms with Crippen LogP contribution in [0.5, 0.6) is 5.88 Å². The van der Waals surface area contributed by atoms with Crippen LogP contribution in [0.2, 0.25) is 0 Å². The third kappa shape index (κ3) is 3.47. The van der Waals surface area contributed by atoms with Crippen LogP contribution in [0.3, 0.4) is 0 Å². The second-order valence-electron chi connectivity index (χ2n) is 3.50. The number of aliphatic hydroxyl groups excluding tert-OH is 1. The SMILES string of the molecule is CCCCCC(O)c1cncnc1OC. The van der Waals surface area contributed by atoms with Crippen LogP contribution in [0, 0.1) is 0 Å². The van der Waals surface area contributed by atoms with E-state index in [0.717, 1.165) is 25.7 Å². The van der Waals surface area contributed by atoms with Crippen LogP contribution >= 0.6 is 0 Å². The molecule has 0 fully saturated rings. The summed E-state index contributed by atoms with van der Waals surface area (Å²) in [5.41, 5.74) is 0.677. The fourth-order valence-corrected chi connectivity index (χ4v) is 1.47.